The number of rotatable bonds is 6. The molecule has 0 saturated heterocycles. The molecule has 0 saturated carbocycles. The van der Waals surface area contributed by atoms with E-state index in [1.54, 1.807) is 0 Å². The molecule has 1 rings (SSSR count). The maximum atomic E-state index is 6.27. The van der Waals surface area contributed by atoms with Crippen molar-refractivity contribution in [3.63, 3.8) is 0 Å². The Bertz CT molecular complexity index is 323. The molecule has 0 unspecified atom stereocenters. The van der Waals surface area contributed by atoms with Crippen LogP contribution in [0.4, 0.5) is 0 Å². The van der Waals surface area contributed by atoms with Crippen LogP contribution in [0.25, 0.3) is 0 Å². The van der Waals surface area contributed by atoms with Crippen LogP contribution in [0.2, 0.25) is 0 Å². The first-order valence-electron chi connectivity index (χ1n) is 5.77. The third-order valence-corrected chi connectivity index (χ3v) is 4.56. The number of hydrogen-bond acceptors (Lipinski definition) is 2. The van der Waals surface area contributed by atoms with Crippen molar-refractivity contribution in [3.8, 4) is 0 Å². The zero-order chi connectivity index (χ0) is 12.0. The number of halogens is 1. The molecule has 0 heterocycles. The molecule has 0 bridgehead atoms. The third-order valence-electron chi connectivity index (χ3n) is 3.07. The number of thioether (sulfide) groups is 1. The Balaban J connectivity index is 2.41. The monoisotopic (exact) mass is 301 g/mol. The van der Waals surface area contributed by atoms with Crippen molar-refractivity contribution in [1.29, 1.82) is 0 Å². The first-order valence-corrected chi connectivity index (χ1v) is 7.55. The Morgan fingerprint density at radius 2 is 2.00 bits per heavy atom. The van der Waals surface area contributed by atoms with E-state index in [2.05, 4.69) is 54.0 Å². The summed E-state index contributed by atoms with van der Waals surface area (Å²) in [5.41, 5.74) is 6.29. The van der Waals surface area contributed by atoms with Crippen LogP contribution in [-0.2, 0) is 0 Å². The van der Waals surface area contributed by atoms with Gasteiger partial charge in [0.2, 0.25) is 0 Å². The molecule has 90 valence electrons. The van der Waals surface area contributed by atoms with Gasteiger partial charge in [0.05, 0.1) is 0 Å². The maximum absolute atomic E-state index is 6.27. The van der Waals surface area contributed by atoms with Gasteiger partial charge in [-0.05, 0) is 43.2 Å². The molecular weight excluding hydrogens is 282 g/mol. The lowest BCUT2D eigenvalue weighted by molar-refractivity contribution is 0.386. The highest BCUT2D eigenvalue weighted by Crippen LogP contribution is 2.25. The Hall–Kier alpha value is 0.01000. The second kappa shape index (κ2) is 6.67. The minimum Gasteiger partial charge on any atom is -0.325 e. The van der Waals surface area contributed by atoms with Crippen molar-refractivity contribution >= 4 is 27.7 Å². The Kier molecular flexibility index (Phi) is 5.87. The largest absolute Gasteiger partial charge is 0.325 e. The number of nitrogens with two attached hydrogens (primary N) is 1. The van der Waals surface area contributed by atoms with Gasteiger partial charge in [-0.15, -0.1) is 11.8 Å². The normalized spacial score (nSPS) is 11.8. The zero-order valence-electron chi connectivity index (χ0n) is 10.0. The fraction of sp³-hybridized carbons (Fsp3) is 0.538. The molecule has 16 heavy (non-hydrogen) atoms. The molecule has 2 N–H and O–H groups in total. The van der Waals surface area contributed by atoms with Crippen molar-refractivity contribution in [2.24, 2.45) is 5.73 Å². The molecule has 0 radical (unpaired) electrons. The molecule has 0 aliphatic heterocycles. The van der Waals surface area contributed by atoms with Crippen molar-refractivity contribution in [1.82, 2.24) is 0 Å². The summed E-state index contributed by atoms with van der Waals surface area (Å²) in [4.78, 5) is 1.31. The minimum absolute atomic E-state index is 0.0268. The zero-order valence-corrected chi connectivity index (χ0v) is 12.4. The van der Waals surface area contributed by atoms with E-state index in [1.807, 2.05) is 11.8 Å². The third kappa shape index (κ3) is 4.48. The fourth-order valence-corrected chi connectivity index (χ4v) is 3.21. The lowest BCUT2D eigenvalue weighted by Crippen LogP contribution is -2.38. The summed E-state index contributed by atoms with van der Waals surface area (Å²) in [6, 6.07) is 8.42. The first kappa shape index (κ1) is 14.1. The van der Waals surface area contributed by atoms with E-state index in [1.165, 1.54) is 4.90 Å². The van der Waals surface area contributed by atoms with E-state index in [0.717, 1.165) is 29.5 Å². The summed E-state index contributed by atoms with van der Waals surface area (Å²) in [6.45, 7) is 4.35. The summed E-state index contributed by atoms with van der Waals surface area (Å²) < 4.78 is 1.14. The molecule has 0 aliphatic rings. The summed E-state index contributed by atoms with van der Waals surface area (Å²) in [5.74, 6) is 1.09. The van der Waals surface area contributed by atoms with Crippen LogP contribution in [0.15, 0.2) is 33.6 Å². The van der Waals surface area contributed by atoms with Crippen LogP contribution in [0.1, 0.15) is 33.1 Å². The van der Waals surface area contributed by atoms with Gasteiger partial charge < -0.3 is 5.73 Å². The molecule has 3 heteroatoms. The van der Waals surface area contributed by atoms with Crippen LogP contribution in [0.3, 0.4) is 0 Å². The lowest BCUT2D eigenvalue weighted by atomic mass is 9.91. The Morgan fingerprint density at radius 1 is 1.31 bits per heavy atom. The fourth-order valence-electron chi connectivity index (χ4n) is 1.53. The average Bonchev–Trinajstić information content (AvgIpc) is 2.29. The van der Waals surface area contributed by atoms with Gasteiger partial charge in [0.25, 0.3) is 0 Å². The van der Waals surface area contributed by atoms with Gasteiger partial charge in [-0.2, -0.15) is 0 Å². The summed E-state index contributed by atoms with van der Waals surface area (Å²) in [6.07, 6.45) is 3.20. The van der Waals surface area contributed by atoms with Crippen molar-refractivity contribution in [2.45, 2.75) is 43.5 Å². The van der Waals surface area contributed by atoms with E-state index in [-0.39, 0.29) is 5.54 Å². The summed E-state index contributed by atoms with van der Waals surface area (Å²) >= 11 is 5.37. The highest BCUT2D eigenvalue weighted by Gasteiger charge is 2.19. The number of hydrogen-bond donors (Lipinski definition) is 1. The summed E-state index contributed by atoms with van der Waals surface area (Å²) in [5, 5.41) is 0. The van der Waals surface area contributed by atoms with Crippen molar-refractivity contribution in [2.75, 3.05) is 5.75 Å². The van der Waals surface area contributed by atoms with Crippen molar-refractivity contribution in [3.05, 3.63) is 28.7 Å². The van der Waals surface area contributed by atoms with Gasteiger partial charge in [0.15, 0.2) is 0 Å². The van der Waals surface area contributed by atoms with Crippen LogP contribution in [-0.4, -0.2) is 11.3 Å². The Morgan fingerprint density at radius 3 is 2.56 bits per heavy atom. The van der Waals surface area contributed by atoms with E-state index in [0.29, 0.717) is 0 Å². The quantitative estimate of drug-likeness (QED) is 0.786. The second-order valence-corrected chi connectivity index (χ2v) is 6.21. The Labute approximate surface area is 111 Å². The standard InChI is InChI=1S/C13H20BrNS/c1-3-13(15,4-2)8-9-16-12-7-5-6-11(14)10-12/h5-7,10H,3-4,8-9,15H2,1-2H3. The summed E-state index contributed by atoms with van der Waals surface area (Å²) in [7, 11) is 0. The first-order chi connectivity index (χ1) is 7.59. The molecule has 1 nitrogen and oxygen atoms in total. The van der Waals surface area contributed by atoms with Gasteiger partial charge >= 0.3 is 0 Å². The van der Waals surface area contributed by atoms with E-state index in [4.69, 9.17) is 5.73 Å². The van der Waals surface area contributed by atoms with Gasteiger partial charge in [0, 0.05) is 14.9 Å². The molecule has 0 spiro atoms. The second-order valence-electron chi connectivity index (χ2n) is 4.13. The molecule has 0 aromatic heterocycles. The lowest BCUT2D eigenvalue weighted by Gasteiger charge is -2.26. The molecular formula is C13H20BrNS. The van der Waals surface area contributed by atoms with Crippen LogP contribution < -0.4 is 5.73 Å². The molecule has 1 aromatic rings. The molecule has 0 fully saturated rings. The van der Waals surface area contributed by atoms with Crippen molar-refractivity contribution < 1.29 is 0 Å². The van der Waals surface area contributed by atoms with E-state index in [9.17, 15) is 0 Å². The predicted octanol–water partition coefficient (Wildman–Crippen LogP) is 4.45. The molecule has 0 amide bonds. The highest BCUT2D eigenvalue weighted by atomic mass is 79.9. The molecule has 0 atom stereocenters. The van der Waals surface area contributed by atoms with Gasteiger partial charge in [-0.1, -0.05) is 35.8 Å². The number of benzene rings is 1. The average molecular weight is 302 g/mol. The van der Waals surface area contributed by atoms with Gasteiger partial charge in [-0.3, -0.25) is 0 Å². The van der Waals surface area contributed by atoms with Crippen LogP contribution >= 0.6 is 27.7 Å². The predicted molar refractivity (Wildman–Crippen MR) is 77.0 cm³/mol. The molecule has 1 aromatic carbocycles. The maximum Gasteiger partial charge on any atom is 0.0186 e. The minimum atomic E-state index is 0.0268. The van der Waals surface area contributed by atoms with Crippen LogP contribution in [0.5, 0.6) is 0 Å². The smallest absolute Gasteiger partial charge is 0.0186 e. The highest BCUT2D eigenvalue weighted by molar-refractivity contribution is 9.10. The van der Waals surface area contributed by atoms with Gasteiger partial charge in [-0.25, -0.2) is 0 Å². The topological polar surface area (TPSA) is 26.0 Å². The SMILES string of the molecule is CCC(N)(CC)CCSc1cccc(Br)c1. The van der Waals surface area contributed by atoms with Gasteiger partial charge in [0.1, 0.15) is 0 Å². The van der Waals surface area contributed by atoms with E-state index >= 15 is 0 Å². The van der Waals surface area contributed by atoms with Crippen LogP contribution in [0, 0.1) is 0 Å². The molecule has 0 aliphatic carbocycles. The van der Waals surface area contributed by atoms with E-state index < -0.39 is 0 Å².